The summed E-state index contributed by atoms with van der Waals surface area (Å²) in [6.07, 6.45) is 20.9. The fourth-order valence-electron chi connectivity index (χ4n) is 5.00. The van der Waals surface area contributed by atoms with Gasteiger partial charge in [-0.2, -0.15) is 0 Å². The molecule has 32 heavy (non-hydrogen) atoms. The number of allylic oxidation sites excluding steroid dienone is 11. The standard InChI is InChI=1S/C28H42F2N2/c1-6-11-23(4)12-10-17-32-21-28(30,22-32)20-31-18-15-26(16-19-31)27(8-3)25(7-2)14-9-13-24(5)29/h6-7,9-14,17,26-27H,8,15-16,18-22H2,1-5H3/b11-6-,14-9-,17-10+,23-12-,24-13+,25-7+. The highest BCUT2D eigenvalue weighted by Gasteiger charge is 2.44. The highest BCUT2D eigenvalue weighted by Crippen LogP contribution is 2.35. The van der Waals surface area contributed by atoms with Crippen molar-refractivity contribution in [3.05, 3.63) is 71.8 Å². The molecule has 2 rings (SSSR count). The van der Waals surface area contributed by atoms with E-state index >= 15 is 4.39 Å². The van der Waals surface area contributed by atoms with Gasteiger partial charge >= 0.3 is 0 Å². The van der Waals surface area contributed by atoms with Crippen LogP contribution in [0.5, 0.6) is 0 Å². The summed E-state index contributed by atoms with van der Waals surface area (Å²) >= 11 is 0. The van der Waals surface area contributed by atoms with Crippen molar-refractivity contribution in [2.24, 2.45) is 11.8 Å². The Bertz CT molecular complexity index is 754. The maximum absolute atomic E-state index is 15.2. The van der Waals surface area contributed by atoms with E-state index in [1.54, 1.807) is 0 Å². The molecule has 4 heteroatoms. The first kappa shape index (κ1) is 26.3. The molecule has 0 saturated carbocycles. The van der Waals surface area contributed by atoms with Crippen molar-refractivity contribution >= 4 is 0 Å². The molecule has 2 saturated heterocycles. The summed E-state index contributed by atoms with van der Waals surface area (Å²) in [5, 5.41) is 0. The predicted molar refractivity (Wildman–Crippen MR) is 134 cm³/mol. The van der Waals surface area contributed by atoms with Gasteiger partial charge in [-0.25, -0.2) is 8.78 Å². The van der Waals surface area contributed by atoms with Crippen molar-refractivity contribution in [2.45, 2.75) is 59.5 Å². The van der Waals surface area contributed by atoms with E-state index in [0.29, 0.717) is 31.5 Å². The minimum absolute atomic E-state index is 0.177. The average molecular weight is 445 g/mol. The van der Waals surface area contributed by atoms with Gasteiger partial charge in [0.05, 0.1) is 18.9 Å². The van der Waals surface area contributed by atoms with Crippen LogP contribution in [0.25, 0.3) is 0 Å². The van der Waals surface area contributed by atoms with Crippen LogP contribution in [-0.4, -0.2) is 48.2 Å². The molecule has 2 nitrogen and oxygen atoms in total. The first-order chi connectivity index (χ1) is 15.3. The van der Waals surface area contributed by atoms with Crippen LogP contribution in [0.1, 0.15) is 53.9 Å². The minimum Gasteiger partial charge on any atom is -0.371 e. The highest BCUT2D eigenvalue weighted by atomic mass is 19.1. The number of rotatable bonds is 10. The van der Waals surface area contributed by atoms with Gasteiger partial charge < -0.3 is 4.90 Å². The van der Waals surface area contributed by atoms with E-state index in [9.17, 15) is 4.39 Å². The summed E-state index contributed by atoms with van der Waals surface area (Å²) in [5.41, 5.74) is 1.37. The van der Waals surface area contributed by atoms with Crippen molar-refractivity contribution in [3.63, 3.8) is 0 Å². The van der Waals surface area contributed by atoms with Crippen molar-refractivity contribution in [1.29, 1.82) is 0 Å². The molecular formula is C28H42F2N2. The third-order valence-electron chi connectivity index (χ3n) is 6.58. The van der Waals surface area contributed by atoms with Crippen molar-refractivity contribution in [2.75, 3.05) is 32.7 Å². The number of alkyl halides is 1. The SMILES string of the molecule is C\C=C/C(C)=C\C=C\N1CC(F)(CN2CCC(C(CC)C(/C=C\C=C(/C)F)=C/C)CC2)C1. The van der Waals surface area contributed by atoms with Gasteiger partial charge in [-0.1, -0.05) is 49.0 Å². The molecule has 0 radical (unpaired) electrons. The summed E-state index contributed by atoms with van der Waals surface area (Å²) in [5.74, 6) is 0.907. The fourth-order valence-corrected chi connectivity index (χ4v) is 5.00. The molecule has 0 aromatic heterocycles. The molecule has 0 aliphatic carbocycles. The molecule has 0 amide bonds. The van der Waals surface area contributed by atoms with Gasteiger partial charge in [0.2, 0.25) is 0 Å². The second-order valence-electron chi connectivity index (χ2n) is 9.34. The second-order valence-corrected chi connectivity index (χ2v) is 9.34. The Hall–Kier alpha value is -1.94. The van der Waals surface area contributed by atoms with Crippen LogP contribution in [0, 0.1) is 11.8 Å². The quantitative estimate of drug-likeness (QED) is 0.330. The number of likely N-dealkylation sites (tertiary alicyclic amines) is 2. The topological polar surface area (TPSA) is 6.48 Å². The Balaban J connectivity index is 1.81. The lowest BCUT2D eigenvalue weighted by molar-refractivity contribution is -0.0356. The zero-order valence-electron chi connectivity index (χ0n) is 20.7. The first-order valence-corrected chi connectivity index (χ1v) is 12.1. The third-order valence-corrected chi connectivity index (χ3v) is 6.58. The second kappa shape index (κ2) is 12.9. The van der Waals surface area contributed by atoms with Gasteiger partial charge in [0.25, 0.3) is 0 Å². The van der Waals surface area contributed by atoms with Gasteiger partial charge in [0.1, 0.15) is 0 Å². The van der Waals surface area contributed by atoms with Gasteiger partial charge in [0, 0.05) is 6.54 Å². The molecule has 0 spiro atoms. The van der Waals surface area contributed by atoms with E-state index in [0.717, 1.165) is 32.4 Å². The average Bonchev–Trinajstić information content (AvgIpc) is 2.73. The Morgan fingerprint density at radius 2 is 1.75 bits per heavy atom. The molecule has 2 fully saturated rings. The largest absolute Gasteiger partial charge is 0.371 e. The maximum Gasteiger partial charge on any atom is 0.158 e. The molecular weight excluding hydrogens is 402 g/mol. The minimum atomic E-state index is -1.10. The van der Waals surface area contributed by atoms with Gasteiger partial charge in [-0.3, -0.25) is 4.90 Å². The van der Waals surface area contributed by atoms with E-state index in [4.69, 9.17) is 0 Å². The molecule has 1 atom stereocenters. The van der Waals surface area contributed by atoms with Crippen LogP contribution < -0.4 is 0 Å². The smallest absolute Gasteiger partial charge is 0.158 e. The predicted octanol–water partition coefficient (Wildman–Crippen LogP) is 7.16. The normalized spacial score (nSPS) is 23.0. The summed E-state index contributed by atoms with van der Waals surface area (Å²) in [6.45, 7) is 13.2. The molecule has 2 aliphatic heterocycles. The monoisotopic (exact) mass is 444 g/mol. The third kappa shape index (κ3) is 8.20. The van der Waals surface area contributed by atoms with E-state index < -0.39 is 5.67 Å². The Morgan fingerprint density at radius 3 is 2.31 bits per heavy atom. The highest BCUT2D eigenvalue weighted by molar-refractivity contribution is 5.25. The lowest BCUT2D eigenvalue weighted by Crippen LogP contribution is -2.62. The van der Waals surface area contributed by atoms with E-state index in [-0.39, 0.29) is 5.83 Å². The van der Waals surface area contributed by atoms with Gasteiger partial charge in [-0.05, 0) is 95.8 Å². The molecule has 0 aromatic carbocycles. The number of nitrogens with zero attached hydrogens (tertiary/aromatic N) is 2. The Kier molecular flexibility index (Phi) is 10.6. The molecule has 2 aliphatic rings. The van der Waals surface area contributed by atoms with E-state index in [1.807, 2.05) is 37.4 Å². The summed E-state index contributed by atoms with van der Waals surface area (Å²) in [6, 6.07) is 0. The lowest BCUT2D eigenvalue weighted by atomic mass is 9.77. The van der Waals surface area contributed by atoms with Crippen molar-refractivity contribution in [1.82, 2.24) is 9.80 Å². The van der Waals surface area contributed by atoms with E-state index in [1.165, 1.54) is 24.1 Å². The number of halogens is 2. The zero-order valence-corrected chi connectivity index (χ0v) is 20.7. The van der Waals surface area contributed by atoms with Crippen LogP contribution in [0.15, 0.2) is 71.8 Å². The zero-order chi connectivity index (χ0) is 23.6. The molecule has 0 N–H and O–H groups in total. The summed E-state index contributed by atoms with van der Waals surface area (Å²) in [4.78, 5) is 4.36. The molecule has 2 heterocycles. The number of hydrogen-bond donors (Lipinski definition) is 0. The Morgan fingerprint density at radius 1 is 1.06 bits per heavy atom. The Labute approximate surface area is 194 Å². The van der Waals surface area contributed by atoms with Crippen LogP contribution in [0.4, 0.5) is 8.78 Å². The first-order valence-electron chi connectivity index (χ1n) is 12.1. The number of piperidine rings is 1. The van der Waals surface area contributed by atoms with E-state index in [2.05, 4.69) is 48.8 Å². The van der Waals surface area contributed by atoms with Crippen LogP contribution in [0.2, 0.25) is 0 Å². The fraction of sp³-hybridized carbons (Fsp3) is 0.571. The molecule has 178 valence electrons. The van der Waals surface area contributed by atoms with Gasteiger partial charge in [-0.15, -0.1) is 0 Å². The number of hydrogen-bond acceptors (Lipinski definition) is 2. The van der Waals surface area contributed by atoms with Crippen LogP contribution >= 0.6 is 0 Å². The lowest BCUT2D eigenvalue weighted by Gasteiger charge is -2.47. The van der Waals surface area contributed by atoms with Crippen molar-refractivity contribution < 1.29 is 8.78 Å². The summed E-state index contributed by atoms with van der Waals surface area (Å²) in [7, 11) is 0. The van der Waals surface area contributed by atoms with Gasteiger partial charge in [0.15, 0.2) is 5.67 Å². The van der Waals surface area contributed by atoms with Crippen molar-refractivity contribution in [3.8, 4) is 0 Å². The molecule has 1 unspecified atom stereocenters. The maximum atomic E-state index is 15.2. The van der Waals surface area contributed by atoms with Crippen LogP contribution in [-0.2, 0) is 0 Å². The summed E-state index contributed by atoms with van der Waals surface area (Å²) < 4.78 is 28.2. The van der Waals surface area contributed by atoms with Crippen LogP contribution in [0.3, 0.4) is 0 Å². The molecule has 0 aromatic rings. The molecule has 0 bridgehead atoms.